The second-order valence-electron chi connectivity index (χ2n) is 23.4. The molecule has 3 aromatic carbocycles. The maximum atomic E-state index is 15.7. The Morgan fingerprint density at radius 2 is 1.52 bits per heavy atom. The van der Waals surface area contributed by atoms with Gasteiger partial charge < -0.3 is 30.7 Å². The molecule has 1 fully saturated rings. The lowest BCUT2D eigenvalue weighted by molar-refractivity contribution is -0.147. The van der Waals surface area contributed by atoms with Crippen LogP contribution in [0.4, 0.5) is 49.7 Å². The zero-order valence-electron chi connectivity index (χ0n) is 48.1. The first-order valence-corrected chi connectivity index (χ1v) is 30.8. The number of amides is 3. The fourth-order valence-electron chi connectivity index (χ4n) is 11.2. The van der Waals surface area contributed by atoms with Crippen LogP contribution < -0.4 is 20.5 Å². The summed E-state index contributed by atoms with van der Waals surface area (Å²) in [4.78, 5) is 90.0. The number of nitrogens with zero attached hydrogens (tertiary/aromatic N) is 5. The third kappa shape index (κ3) is 15.2. The molecule has 4 atom stereocenters. The maximum absolute atomic E-state index is 15.7. The van der Waals surface area contributed by atoms with E-state index < -0.39 is 190 Å². The number of carbonyl (C=O) groups excluding carboxylic acids is 3. The van der Waals surface area contributed by atoms with Crippen molar-refractivity contribution >= 4 is 75.6 Å². The highest BCUT2D eigenvalue weighted by Gasteiger charge is 2.68. The number of halogens is 11. The fraction of sp³-hybridized carbons (Fsp3) is 0.429. The van der Waals surface area contributed by atoms with E-state index in [9.17, 15) is 92.1 Å². The Balaban J connectivity index is 1.26. The Hall–Kier alpha value is -7.67. The molecule has 90 heavy (non-hydrogen) atoms. The molecule has 7 N–H and O–H groups in total. The molecular formula is C56H56ClF10N8O13PS. The van der Waals surface area contributed by atoms with Gasteiger partial charge in [-0.25, -0.2) is 26.6 Å². The number of aryl methyl sites for hydroxylation is 2. The SMILES string of the molecule is Cc1cc(CC(=O)N[C@@H](CC(=O)O)C(=O)O)c(C(C)(C)CC(=O)Nc2nn(CC(F)(F)F)c3c(-c4ccc(CCC(C)(C)S(C)(=O)=O)nc4[C@H](Cc4cc(F)cc(F)c4)NC(=O)Cn4nc(C(F)(F)F)c5c4C(F)(F)[C@@H]4CC54)ccc(Cl)c23)c(OP(=O)(O)O)c1. The number of rotatable bonds is 24. The largest absolute Gasteiger partial charge is 0.524 e. The molecule has 486 valence electrons. The first kappa shape index (κ1) is 68.2. The van der Waals surface area contributed by atoms with Crippen molar-refractivity contribution in [2.75, 3.05) is 11.6 Å². The summed E-state index contributed by atoms with van der Waals surface area (Å²) in [5.41, 5.74) is -7.09. The predicted octanol–water partition coefficient (Wildman–Crippen LogP) is 9.55. The Labute approximate surface area is 509 Å². The van der Waals surface area contributed by atoms with Crippen LogP contribution in [0.3, 0.4) is 0 Å². The van der Waals surface area contributed by atoms with E-state index in [1.54, 1.807) is 0 Å². The number of anilines is 1. The van der Waals surface area contributed by atoms with Crippen molar-refractivity contribution < 1.29 is 105 Å². The van der Waals surface area contributed by atoms with Gasteiger partial charge in [-0.2, -0.15) is 45.3 Å². The third-order valence-electron chi connectivity index (χ3n) is 15.4. The summed E-state index contributed by atoms with van der Waals surface area (Å²) in [5, 5.41) is 32.5. The fourth-order valence-corrected chi connectivity index (χ4v) is 12.3. The molecule has 1 unspecified atom stereocenters. The second-order valence-corrected chi connectivity index (χ2v) is 27.6. The zero-order chi connectivity index (χ0) is 66.9. The molecule has 0 bridgehead atoms. The van der Waals surface area contributed by atoms with Gasteiger partial charge in [0.25, 0.3) is 5.92 Å². The Morgan fingerprint density at radius 1 is 0.878 bits per heavy atom. The van der Waals surface area contributed by atoms with Gasteiger partial charge in [0.15, 0.2) is 21.3 Å². The van der Waals surface area contributed by atoms with Crippen LogP contribution in [-0.2, 0) is 88.2 Å². The van der Waals surface area contributed by atoms with Crippen LogP contribution in [0.2, 0.25) is 5.02 Å². The molecule has 1 saturated carbocycles. The van der Waals surface area contributed by atoms with Crippen molar-refractivity contribution in [3.05, 3.63) is 122 Å². The molecule has 0 spiro atoms. The molecule has 3 aromatic heterocycles. The van der Waals surface area contributed by atoms with Gasteiger partial charge >= 0.3 is 32.1 Å². The van der Waals surface area contributed by atoms with Crippen molar-refractivity contribution in [2.24, 2.45) is 5.92 Å². The van der Waals surface area contributed by atoms with Crippen LogP contribution in [0.5, 0.6) is 5.75 Å². The van der Waals surface area contributed by atoms with Crippen molar-refractivity contribution in [1.29, 1.82) is 0 Å². The number of carboxylic acids is 2. The highest BCUT2D eigenvalue weighted by atomic mass is 35.5. The third-order valence-corrected chi connectivity index (χ3v) is 18.4. The summed E-state index contributed by atoms with van der Waals surface area (Å²) < 4.78 is 191. The number of benzene rings is 3. The van der Waals surface area contributed by atoms with Crippen molar-refractivity contribution in [3.8, 4) is 16.9 Å². The molecule has 8 rings (SSSR count). The quantitative estimate of drug-likeness (QED) is 0.0219. The lowest BCUT2D eigenvalue weighted by Gasteiger charge is -2.30. The molecule has 34 heteroatoms. The molecule has 0 radical (unpaired) electrons. The summed E-state index contributed by atoms with van der Waals surface area (Å²) in [7, 11) is -9.25. The molecule has 2 aliphatic rings. The number of nitrogens with one attached hydrogen (secondary N) is 3. The first-order chi connectivity index (χ1) is 41.3. The zero-order valence-corrected chi connectivity index (χ0v) is 50.5. The molecule has 3 amide bonds. The van der Waals surface area contributed by atoms with Gasteiger partial charge in [-0.1, -0.05) is 43.6 Å². The van der Waals surface area contributed by atoms with E-state index in [1.165, 1.54) is 58.9 Å². The minimum Gasteiger partial charge on any atom is -0.481 e. The molecular weight excluding hydrogens is 1280 g/mol. The number of hydrogen-bond acceptors (Lipinski definition) is 12. The standard InChI is InChI=1S/C56H56ClF10N8O13PS/c1-25-13-27(18-39(76)70-37(51(81)82)21-42(79)80)45(38(14-25)88-89(83,84)85)52(2,3)22-40(77)71-50-44-35(57)10-9-32(47(44)75(73-50)24-54(60,61)62)31-8-7-30(11-12-53(4,5)90(6,86)87)68-46(31)36(17-26-15-28(58)19-29(59)16-26)69-41(78)23-74-49-43(48(72-74)56(65,66)67)33-20-34(33)55(49,63)64/h7-10,13-16,19,33-34,36-37H,11-12,17-18,20-24H2,1-6H3,(H,69,78)(H,70,76)(H,79,80)(H,81,82)(H,71,73,77)(H2,83,84,85)/t33?,34-,36+,37+/m1/s1. The summed E-state index contributed by atoms with van der Waals surface area (Å²) in [6, 6.07) is 5.77. The number of fused-ring (bicyclic) bond motifs is 4. The topological polar surface area (TPSA) is 311 Å². The summed E-state index contributed by atoms with van der Waals surface area (Å²) in [6.45, 7) is 3.62. The highest BCUT2D eigenvalue weighted by molar-refractivity contribution is 7.92. The molecule has 3 heterocycles. The monoisotopic (exact) mass is 1340 g/mol. The van der Waals surface area contributed by atoms with E-state index in [1.807, 2.05) is 5.32 Å². The van der Waals surface area contributed by atoms with Crippen LogP contribution in [0.25, 0.3) is 22.0 Å². The molecule has 0 saturated heterocycles. The van der Waals surface area contributed by atoms with E-state index in [4.69, 9.17) is 21.1 Å². The van der Waals surface area contributed by atoms with Gasteiger partial charge in [-0.3, -0.25) is 43.3 Å². The summed E-state index contributed by atoms with van der Waals surface area (Å²) in [6.07, 6.45) is -13.4. The van der Waals surface area contributed by atoms with Crippen molar-refractivity contribution in [3.63, 3.8) is 0 Å². The van der Waals surface area contributed by atoms with Gasteiger partial charge in [-0.15, -0.1) is 0 Å². The number of sulfone groups is 1. The van der Waals surface area contributed by atoms with Crippen LogP contribution >= 0.6 is 19.4 Å². The average molecular weight is 1340 g/mol. The lowest BCUT2D eigenvalue weighted by Crippen LogP contribution is -2.43. The van der Waals surface area contributed by atoms with E-state index in [-0.39, 0.29) is 73.7 Å². The van der Waals surface area contributed by atoms with Gasteiger partial charge in [-0.05, 0) is 99.4 Å². The highest BCUT2D eigenvalue weighted by Crippen LogP contribution is 2.68. The maximum Gasteiger partial charge on any atom is 0.524 e. The number of aliphatic carboxylic acids is 2. The number of hydrogen-bond donors (Lipinski definition) is 7. The van der Waals surface area contributed by atoms with Gasteiger partial charge in [0, 0.05) is 58.0 Å². The minimum absolute atomic E-state index is 0.0349. The Morgan fingerprint density at radius 3 is 2.11 bits per heavy atom. The number of phosphoric ester groups is 1. The van der Waals surface area contributed by atoms with Crippen molar-refractivity contribution in [1.82, 2.24) is 35.2 Å². The number of carboxylic acid groups (broad SMARTS) is 2. The Bertz CT molecular complexity index is 4060. The summed E-state index contributed by atoms with van der Waals surface area (Å²) >= 11 is 6.79. The van der Waals surface area contributed by atoms with Crippen molar-refractivity contribution in [2.45, 2.75) is 139 Å². The number of carbonyl (C=O) groups is 5. The lowest BCUT2D eigenvalue weighted by atomic mass is 9.77. The number of phosphoric acid groups is 1. The number of aromatic nitrogens is 5. The van der Waals surface area contributed by atoms with Crippen LogP contribution in [0.15, 0.2) is 54.6 Å². The number of alkyl halides is 8. The smallest absolute Gasteiger partial charge is 0.481 e. The van der Waals surface area contributed by atoms with Gasteiger partial charge in [0.2, 0.25) is 17.7 Å². The second kappa shape index (κ2) is 24.5. The van der Waals surface area contributed by atoms with Crippen LogP contribution in [0.1, 0.15) is 116 Å². The minimum atomic E-state index is -5.46. The van der Waals surface area contributed by atoms with E-state index in [0.717, 1.165) is 30.5 Å². The average Bonchev–Trinajstić information content (AvgIpc) is 1.52. The van der Waals surface area contributed by atoms with Crippen LogP contribution in [-0.4, -0.2) is 106 Å². The first-order valence-electron chi connectivity index (χ1n) is 27.0. The molecule has 6 aromatic rings. The summed E-state index contributed by atoms with van der Waals surface area (Å²) in [5.74, 6) is -17.0. The Kier molecular flexibility index (Phi) is 18.6. The molecule has 21 nitrogen and oxygen atoms in total. The number of pyridine rings is 1. The van der Waals surface area contributed by atoms with E-state index in [2.05, 4.69) is 20.8 Å². The predicted molar refractivity (Wildman–Crippen MR) is 300 cm³/mol. The van der Waals surface area contributed by atoms with Gasteiger partial charge in [0.05, 0.1) is 45.2 Å². The molecule has 2 aliphatic carbocycles. The normalized spacial score (nSPS) is 16.5. The van der Waals surface area contributed by atoms with Gasteiger partial charge in [0.1, 0.15) is 42.2 Å². The molecule has 0 aliphatic heterocycles. The van der Waals surface area contributed by atoms with Crippen LogP contribution in [0, 0.1) is 24.5 Å². The van der Waals surface area contributed by atoms with E-state index >= 15 is 8.78 Å². The van der Waals surface area contributed by atoms with E-state index in [0.29, 0.717) is 10.7 Å².